The number of hydrogen-bond donors (Lipinski definition) is 0. The second-order valence-corrected chi connectivity index (χ2v) is 11.2. The van der Waals surface area contributed by atoms with Gasteiger partial charge in [-0.15, -0.1) is 0 Å². The quantitative estimate of drug-likeness (QED) is 0.527. The molecular weight excluding hydrogens is 405 g/mol. The molecule has 2 atom stereocenters. The number of amides is 1. The van der Waals surface area contributed by atoms with Crippen LogP contribution in [0.3, 0.4) is 0 Å². The summed E-state index contributed by atoms with van der Waals surface area (Å²) in [5.41, 5.74) is 2.42. The number of benzene rings is 1. The first-order valence-corrected chi connectivity index (χ1v) is 11.6. The van der Waals surface area contributed by atoms with E-state index in [0.717, 1.165) is 18.3 Å². The maximum absolute atomic E-state index is 12.7. The Morgan fingerprint density at radius 1 is 1.09 bits per heavy atom. The Hall–Kier alpha value is -1.83. The van der Waals surface area contributed by atoms with E-state index in [2.05, 4.69) is 58.0 Å². The molecule has 32 heavy (non-hydrogen) atoms. The molecule has 0 spiro atoms. The molecule has 2 bridgehead atoms. The highest BCUT2D eigenvalue weighted by Crippen LogP contribution is 2.36. The van der Waals surface area contributed by atoms with Crippen LogP contribution in [-0.4, -0.2) is 60.2 Å². The van der Waals surface area contributed by atoms with Crippen molar-refractivity contribution in [3.05, 3.63) is 41.5 Å². The van der Waals surface area contributed by atoms with Gasteiger partial charge in [-0.1, -0.05) is 35.9 Å². The lowest BCUT2D eigenvalue weighted by molar-refractivity contribution is -0.0536. The molecule has 2 fully saturated rings. The van der Waals surface area contributed by atoms with Crippen LogP contribution < -0.4 is 5.46 Å². The normalized spacial score (nSPS) is 26.7. The third-order valence-electron chi connectivity index (χ3n) is 6.82. The Bertz CT molecular complexity index is 871. The van der Waals surface area contributed by atoms with Gasteiger partial charge in [-0.05, 0) is 72.3 Å². The Kier molecular flexibility index (Phi) is 5.97. The second kappa shape index (κ2) is 8.19. The number of morpholine rings is 1. The predicted molar refractivity (Wildman–Crippen MR) is 125 cm³/mol. The lowest BCUT2D eigenvalue weighted by Gasteiger charge is -2.44. The van der Waals surface area contributed by atoms with Crippen LogP contribution in [0.5, 0.6) is 0 Å². The lowest BCUT2D eigenvalue weighted by Crippen LogP contribution is -2.57. The summed E-state index contributed by atoms with van der Waals surface area (Å²) in [5.74, 6) is 0. The highest BCUT2D eigenvalue weighted by molar-refractivity contribution is 6.62. The van der Waals surface area contributed by atoms with Gasteiger partial charge in [0.05, 0.1) is 36.5 Å². The molecule has 2 saturated heterocycles. The molecule has 174 valence electrons. The van der Waals surface area contributed by atoms with Crippen LogP contribution in [-0.2, 0) is 25.2 Å². The summed E-state index contributed by atoms with van der Waals surface area (Å²) in [7, 11) is -0.346. The van der Waals surface area contributed by atoms with Crippen molar-refractivity contribution in [2.75, 3.05) is 13.2 Å². The van der Waals surface area contributed by atoms with Gasteiger partial charge in [0.1, 0.15) is 5.60 Å². The molecule has 2 unspecified atom stereocenters. The van der Waals surface area contributed by atoms with Crippen molar-refractivity contribution >= 4 is 18.7 Å². The molecule has 1 aromatic rings. The van der Waals surface area contributed by atoms with Crippen molar-refractivity contribution in [3.8, 4) is 0 Å². The van der Waals surface area contributed by atoms with Gasteiger partial charge >= 0.3 is 13.2 Å². The number of carbonyl (C=O) groups is 1. The zero-order chi connectivity index (χ0) is 23.3. The molecule has 7 heteroatoms. The number of rotatable bonds is 3. The minimum Gasteiger partial charge on any atom is -0.444 e. The fourth-order valence-electron chi connectivity index (χ4n) is 4.45. The smallest absolute Gasteiger partial charge is 0.444 e. The fraction of sp³-hybridized carbons (Fsp3) is 0.640. The molecule has 3 aliphatic rings. The van der Waals surface area contributed by atoms with Gasteiger partial charge in [0.25, 0.3) is 0 Å². The van der Waals surface area contributed by atoms with E-state index in [9.17, 15) is 4.79 Å². The van der Waals surface area contributed by atoms with Crippen LogP contribution >= 0.6 is 0 Å². The zero-order valence-electron chi connectivity index (χ0n) is 20.4. The van der Waals surface area contributed by atoms with E-state index in [0.29, 0.717) is 13.2 Å². The molecule has 0 saturated carbocycles. The summed E-state index contributed by atoms with van der Waals surface area (Å²) in [6, 6.07) is 8.43. The lowest BCUT2D eigenvalue weighted by atomic mass is 9.78. The number of nitrogens with zero attached hydrogens (tertiary/aromatic N) is 1. The standard InChI is InChI=1S/C25H36BNO5/c1-23(2,3)30-22(28)27-20-13-18(14-21(27)16-29-15-20)12-17-8-10-19(11-9-17)26-31-24(4,5)25(6,7)32-26/h8-11,13,20-21H,12,14-16H2,1-7H3. The second-order valence-electron chi connectivity index (χ2n) is 11.2. The van der Waals surface area contributed by atoms with E-state index in [4.69, 9.17) is 18.8 Å². The van der Waals surface area contributed by atoms with Crippen LogP contribution in [0.2, 0.25) is 0 Å². The summed E-state index contributed by atoms with van der Waals surface area (Å²) < 4.78 is 23.7. The monoisotopic (exact) mass is 441 g/mol. The highest BCUT2D eigenvalue weighted by atomic mass is 16.7. The zero-order valence-corrected chi connectivity index (χ0v) is 20.4. The van der Waals surface area contributed by atoms with E-state index in [-0.39, 0.29) is 36.5 Å². The van der Waals surface area contributed by atoms with Gasteiger partial charge in [-0.3, -0.25) is 4.90 Å². The maximum Gasteiger partial charge on any atom is 0.494 e. The first-order valence-electron chi connectivity index (χ1n) is 11.6. The molecule has 1 amide bonds. The van der Waals surface area contributed by atoms with Crippen molar-refractivity contribution in [1.82, 2.24) is 4.90 Å². The SMILES string of the molecule is CC(C)(C)OC(=O)N1C2C=C(Cc3ccc(B4OC(C)(C)C(C)(C)O4)cc3)CC1COC2. The average molecular weight is 441 g/mol. The largest absolute Gasteiger partial charge is 0.494 e. The number of carbonyl (C=O) groups excluding carboxylic acids is 1. The molecule has 1 aromatic carbocycles. The Balaban J connectivity index is 1.43. The minimum absolute atomic E-state index is 0.0209. The highest BCUT2D eigenvalue weighted by Gasteiger charge is 2.51. The topological polar surface area (TPSA) is 57.2 Å². The van der Waals surface area contributed by atoms with E-state index >= 15 is 0 Å². The van der Waals surface area contributed by atoms with E-state index < -0.39 is 5.60 Å². The number of ether oxygens (including phenoxy) is 2. The minimum atomic E-state index is -0.505. The summed E-state index contributed by atoms with van der Waals surface area (Å²) in [4.78, 5) is 14.6. The van der Waals surface area contributed by atoms with Gasteiger partial charge < -0.3 is 18.8 Å². The molecule has 0 aliphatic carbocycles. The number of hydrogen-bond acceptors (Lipinski definition) is 5. The third kappa shape index (κ3) is 4.75. The molecule has 3 aliphatic heterocycles. The van der Waals surface area contributed by atoms with E-state index in [1.54, 1.807) is 0 Å². The Labute approximate surface area is 192 Å². The van der Waals surface area contributed by atoms with E-state index in [1.165, 1.54) is 11.1 Å². The van der Waals surface area contributed by atoms with Crippen molar-refractivity contribution in [2.24, 2.45) is 0 Å². The predicted octanol–water partition coefficient (Wildman–Crippen LogP) is 3.86. The molecule has 0 radical (unpaired) electrons. The average Bonchev–Trinajstić information content (AvgIpc) is 2.87. The van der Waals surface area contributed by atoms with Crippen molar-refractivity contribution in [2.45, 2.75) is 90.2 Å². The summed E-state index contributed by atoms with van der Waals surface area (Å²) in [6.07, 6.45) is 3.59. The van der Waals surface area contributed by atoms with Crippen LogP contribution in [0, 0.1) is 0 Å². The molecular formula is C25H36BNO5. The van der Waals surface area contributed by atoms with Crippen LogP contribution in [0.25, 0.3) is 0 Å². The van der Waals surface area contributed by atoms with Gasteiger partial charge in [-0.2, -0.15) is 0 Å². The maximum atomic E-state index is 12.7. The first kappa shape index (κ1) is 23.3. The van der Waals surface area contributed by atoms with Crippen LogP contribution in [0.1, 0.15) is 60.5 Å². The van der Waals surface area contributed by atoms with Crippen LogP contribution in [0.4, 0.5) is 4.79 Å². The first-order chi connectivity index (χ1) is 14.8. The summed E-state index contributed by atoms with van der Waals surface area (Å²) in [6.45, 7) is 15.0. The summed E-state index contributed by atoms with van der Waals surface area (Å²) >= 11 is 0. The number of fused-ring (bicyclic) bond motifs is 2. The molecule has 0 aromatic heterocycles. The Morgan fingerprint density at radius 3 is 2.28 bits per heavy atom. The van der Waals surface area contributed by atoms with Crippen molar-refractivity contribution in [3.63, 3.8) is 0 Å². The van der Waals surface area contributed by atoms with Crippen molar-refractivity contribution in [1.29, 1.82) is 0 Å². The fourth-order valence-corrected chi connectivity index (χ4v) is 4.45. The van der Waals surface area contributed by atoms with E-state index in [1.807, 2.05) is 25.7 Å². The Morgan fingerprint density at radius 2 is 1.72 bits per heavy atom. The third-order valence-corrected chi connectivity index (χ3v) is 6.82. The van der Waals surface area contributed by atoms with Gasteiger partial charge in [-0.25, -0.2) is 4.79 Å². The van der Waals surface area contributed by atoms with Gasteiger partial charge in [0, 0.05) is 0 Å². The van der Waals surface area contributed by atoms with Gasteiger partial charge in [0.2, 0.25) is 0 Å². The molecule has 4 rings (SSSR count). The molecule has 6 nitrogen and oxygen atoms in total. The van der Waals surface area contributed by atoms with Gasteiger partial charge in [0.15, 0.2) is 0 Å². The molecule has 3 heterocycles. The molecule has 0 N–H and O–H groups in total. The summed E-state index contributed by atoms with van der Waals surface area (Å²) in [5, 5.41) is 0. The van der Waals surface area contributed by atoms with Crippen molar-refractivity contribution < 1.29 is 23.6 Å². The van der Waals surface area contributed by atoms with Crippen LogP contribution in [0.15, 0.2) is 35.9 Å².